The summed E-state index contributed by atoms with van der Waals surface area (Å²) in [5.74, 6) is 0.722. The van der Waals surface area contributed by atoms with E-state index in [1.165, 1.54) is 0 Å². The molecule has 0 aliphatic heterocycles. The van der Waals surface area contributed by atoms with Gasteiger partial charge in [0.1, 0.15) is 11.6 Å². The summed E-state index contributed by atoms with van der Waals surface area (Å²) in [4.78, 5) is 2.04. The molecule has 0 atom stereocenters. The van der Waals surface area contributed by atoms with E-state index in [0.29, 0.717) is 5.56 Å². The minimum absolute atomic E-state index is 0.697. The highest BCUT2D eigenvalue weighted by Crippen LogP contribution is 2.22. The number of anilines is 1. The molecule has 4 heteroatoms. The monoisotopic (exact) mass is 246 g/mol. The Morgan fingerprint density at radius 3 is 2.39 bits per heavy atom. The molecule has 1 aromatic rings. The Kier molecular flexibility index (Phi) is 5.57. The molecule has 0 amide bonds. The first-order valence-electron chi connectivity index (χ1n) is 6.69. The summed E-state index contributed by atoms with van der Waals surface area (Å²) in [6.07, 6.45) is 3.88. The van der Waals surface area contributed by atoms with Gasteiger partial charge in [-0.05, 0) is 24.8 Å². The van der Waals surface area contributed by atoms with Gasteiger partial charge in [-0.2, -0.15) is 10.4 Å². The Morgan fingerprint density at radius 2 is 1.89 bits per heavy atom. The summed E-state index contributed by atoms with van der Waals surface area (Å²) in [5, 5.41) is 17.9. The lowest BCUT2D eigenvalue weighted by Crippen LogP contribution is -2.22. The maximum atomic E-state index is 9.38. The fourth-order valence-electron chi connectivity index (χ4n) is 2.05. The van der Waals surface area contributed by atoms with E-state index in [9.17, 15) is 5.26 Å². The standard InChI is InChI=1S/C14H22N4/c1-5-8-9-18(4)14-12(10-15)11(6-2)13(7-3)16-17-14/h5-9H2,1-4H3. The maximum Gasteiger partial charge on any atom is 0.169 e. The first-order valence-corrected chi connectivity index (χ1v) is 6.69. The Morgan fingerprint density at radius 1 is 1.17 bits per heavy atom. The second-order valence-electron chi connectivity index (χ2n) is 4.42. The van der Waals surface area contributed by atoms with Gasteiger partial charge in [0.25, 0.3) is 0 Å². The van der Waals surface area contributed by atoms with Crippen LogP contribution in [0.2, 0.25) is 0 Å². The Balaban J connectivity index is 3.17. The molecule has 0 aliphatic carbocycles. The minimum Gasteiger partial charge on any atom is -0.357 e. The Labute approximate surface area is 110 Å². The van der Waals surface area contributed by atoms with Crippen LogP contribution in [0, 0.1) is 11.3 Å². The average molecular weight is 246 g/mol. The zero-order chi connectivity index (χ0) is 13.5. The van der Waals surface area contributed by atoms with Crippen LogP contribution in [0.3, 0.4) is 0 Å². The van der Waals surface area contributed by atoms with E-state index >= 15 is 0 Å². The van der Waals surface area contributed by atoms with Crippen LogP contribution >= 0.6 is 0 Å². The van der Waals surface area contributed by atoms with Gasteiger partial charge in [-0.3, -0.25) is 0 Å². The molecule has 0 saturated heterocycles. The molecule has 18 heavy (non-hydrogen) atoms. The van der Waals surface area contributed by atoms with Crippen molar-refractivity contribution < 1.29 is 0 Å². The van der Waals surface area contributed by atoms with E-state index in [1.54, 1.807) is 0 Å². The molecule has 0 aliphatic rings. The Bertz CT molecular complexity index is 434. The molecule has 1 aromatic heterocycles. The fraction of sp³-hybridized carbons (Fsp3) is 0.643. The van der Waals surface area contributed by atoms with E-state index in [4.69, 9.17) is 0 Å². The molecule has 0 saturated carbocycles. The number of nitrogens with zero attached hydrogens (tertiary/aromatic N) is 4. The van der Waals surface area contributed by atoms with Crippen LogP contribution < -0.4 is 4.90 Å². The van der Waals surface area contributed by atoms with Crippen LogP contribution in [0.5, 0.6) is 0 Å². The third kappa shape index (κ3) is 2.98. The van der Waals surface area contributed by atoms with Gasteiger partial charge < -0.3 is 4.90 Å². The van der Waals surface area contributed by atoms with Crippen molar-refractivity contribution in [1.82, 2.24) is 10.2 Å². The highest BCUT2D eigenvalue weighted by molar-refractivity contribution is 5.57. The van der Waals surface area contributed by atoms with Crippen molar-refractivity contribution in [1.29, 1.82) is 5.26 Å². The summed E-state index contributed by atoms with van der Waals surface area (Å²) in [6.45, 7) is 7.18. The molecule has 98 valence electrons. The number of hydrogen-bond donors (Lipinski definition) is 0. The van der Waals surface area contributed by atoms with Crippen LogP contribution in [-0.4, -0.2) is 23.8 Å². The third-order valence-corrected chi connectivity index (χ3v) is 3.15. The number of unbranched alkanes of at least 4 members (excludes halogenated alkanes) is 1. The molecule has 0 bridgehead atoms. The quantitative estimate of drug-likeness (QED) is 0.774. The summed E-state index contributed by atoms with van der Waals surface area (Å²) >= 11 is 0. The van der Waals surface area contributed by atoms with Gasteiger partial charge in [-0.15, -0.1) is 5.10 Å². The Hall–Kier alpha value is -1.63. The third-order valence-electron chi connectivity index (χ3n) is 3.15. The molecule has 0 fully saturated rings. The van der Waals surface area contributed by atoms with Gasteiger partial charge in [0.15, 0.2) is 5.82 Å². The normalized spacial score (nSPS) is 10.2. The molecule has 1 heterocycles. The minimum atomic E-state index is 0.697. The van der Waals surface area contributed by atoms with Crippen LogP contribution in [0.25, 0.3) is 0 Å². The van der Waals surface area contributed by atoms with Crippen molar-refractivity contribution in [3.05, 3.63) is 16.8 Å². The highest BCUT2D eigenvalue weighted by Gasteiger charge is 2.16. The van der Waals surface area contributed by atoms with Crippen molar-refractivity contribution in [3.8, 4) is 6.07 Å². The van der Waals surface area contributed by atoms with Crippen molar-refractivity contribution in [2.45, 2.75) is 46.5 Å². The molecule has 0 N–H and O–H groups in total. The zero-order valence-electron chi connectivity index (χ0n) is 11.8. The SMILES string of the molecule is CCCCN(C)c1nnc(CC)c(CC)c1C#N. The van der Waals surface area contributed by atoms with Gasteiger partial charge in [0.2, 0.25) is 0 Å². The lowest BCUT2D eigenvalue weighted by atomic mass is 10.0. The summed E-state index contributed by atoms with van der Waals surface area (Å²) in [7, 11) is 1.98. The topological polar surface area (TPSA) is 52.8 Å². The van der Waals surface area contributed by atoms with E-state index < -0.39 is 0 Å². The lowest BCUT2D eigenvalue weighted by molar-refractivity contribution is 0.744. The second-order valence-corrected chi connectivity index (χ2v) is 4.42. The van der Waals surface area contributed by atoms with E-state index in [1.807, 2.05) is 18.9 Å². The number of rotatable bonds is 6. The average Bonchev–Trinajstić information content (AvgIpc) is 2.42. The molecule has 0 radical (unpaired) electrons. The molecular weight excluding hydrogens is 224 g/mol. The van der Waals surface area contributed by atoms with Gasteiger partial charge in [-0.25, -0.2) is 0 Å². The molecule has 0 aromatic carbocycles. The van der Waals surface area contributed by atoms with Crippen molar-refractivity contribution in [3.63, 3.8) is 0 Å². The number of hydrogen-bond acceptors (Lipinski definition) is 4. The van der Waals surface area contributed by atoms with Crippen LogP contribution in [0.15, 0.2) is 0 Å². The molecule has 0 spiro atoms. The summed E-state index contributed by atoms with van der Waals surface area (Å²) in [5.41, 5.74) is 2.69. The van der Waals surface area contributed by atoms with Gasteiger partial charge in [0, 0.05) is 13.6 Å². The van der Waals surface area contributed by atoms with E-state index in [-0.39, 0.29) is 0 Å². The molecule has 0 unspecified atom stereocenters. The first-order chi connectivity index (χ1) is 8.69. The molecule has 4 nitrogen and oxygen atoms in total. The smallest absolute Gasteiger partial charge is 0.169 e. The van der Waals surface area contributed by atoms with Gasteiger partial charge in [-0.1, -0.05) is 27.2 Å². The predicted octanol–water partition coefficient (Wildman–Crippen LogP) is 2.71. The molecular formula is C14H22N4. The largest absolute Gasteiger partial charge is 0.357 e. The van der Waals surface area contributed by atoms with Gasteiger partial charge >= 0.3 is 0 Å². The second kappa shape index (κ2) is 6.95. The van der Waals surface area contributed by atoms with Crippen molar-refractivity contribution in [2.75, 3.05) is 18.5 Å². The number of aryl methyl sites for hydroxylation is 1. The fourth-order valence-corrected chi connectivity index (χ4v) is 2.05. The van der Waals surface area contributed by atoms with Crippen LogP contribution in [0.1, 0.15) is 50.4 Å². The maximum absolute atomic E-state index is 9.38. The number of aromatic nitrogens is 2. The van der Waals surface area contributed by atoms with Gasteiger partial charge in [0.05, 0.1) is 5.69 Å². The highest BCUT2D eigenvalue weighted by atomic mass is 15.2. The van der Waals surface area contributed by atoms with E-state index in [0.717, 1.165) is 49.3 Å². The summed E-state index contributed by atoms with van der Waals surface area (Å²) < 4.78 is 0. The first kappa shape index (κ1) is 14.4. The van der Waals surface area contributed by atoms with Crippen molar-refractivity contribution >= 4 is 5.82 Å². The zero-order valence-corrected chi connectivity index (χ0v) is 11.8. The summed E-state index contributed by atoms with van der Waals surface area (Å²) in [6, 6.07) is 2.30. The van der Waals surface area contributed by atoms with Crippen molar-refractivity contribution in [2.24, 2.45) is 0 Å². The van der Waals surface area contributed by atoms with E-state index in [2.05, 4.69) is 30.1 Å². The predicted molar refractivity (Wildman–Crippen MR) is 73.7 cm³/mol. The molecule has 1 rings (SSSR count). The van der Waals surface area contributed by atoms with Crippen LogP contribution in [0.4, 0.5) is 5.82 Å². The lowest BCUT2D eigenvalue weighted by Gasteiger charge is -2.20. The van der Waals surface area contributed by atoms with Crippen LogP contribution in [-0.2, 0) is 12.8 Å². The number of nitriles is 1.